The van der Waals surface area contributed by atoms with E-state index in [0.29, 0.717) is 29.9 Å². The number of sulfonamides is 1. The molecule has 0 saturated heterocycles. The molecular weight excluding hydrogens is 476 g/mol. The van der Waals surface area contributed by atoms with Crippen molar-refractivity contribution in [1.82, 2.24) is 0 Å². The smallest absolute Gasteiger partial charge is 0.327 e. The third-order valence-corrected chi connectivity index (χ3v) is 7.51. The van der Waals surface area contributed by atoms with E-state index in [1.807, 2.05) is 12.1 Å². The quantitative estimate of drug-likeness (QED) is 0.453. The SMILES string of the molecule is Cc1cc(OCCc2ccc(C#N)cc2)cc(N(C(C)C(=O)O)S(=O)(=O)c2ccccc2Cl)c1. The van der Waals surface area contributed by atoms with E-state index < -0.39 is 22.0 Å². The Labute approximate surface area is 203 Å². The number of halogens is 1. The molecule has 0 saturated carbocycles. The van der Waals surface area contributed by atoms with Crippen molar-refractivity contribution in [3.05, 3.63) is 88.4 Å². The van der Waals surface area contributed by atoms with Gasteiger partial charge in [0, 0.05) is 12.5 Å². The number of carbonyl (C=O) groups is 1. The zero-order valence-electron chi connectivity index (χ0n) is 18.6. The van der Waals surface area contributed by atoms with Crippen molar-refractivity contribution in [2.45, 2.75) is 31.2 Å². The Balaban J connectivity index is 1.92. The van der Waals surface area contributed by atoms with Crippen LogP contribution >= 0.6 is 11.6 Å². The molecule has 0 radical (unpaired) electrons. The number of hydrogen-bond acceptors (Lipinski definition) is 5. The number of ether oxygens (including phenoxy) is 1. The first-order valence-electron chi connectivity index (χ1n) is 10.4. The van der Waals surface area contributed by atoms with Gasteiger partial charge in [0.15, 0.2) is 0 Å². The second-order valence-electron chi connectivity index (χ2n) is 7.66. The number of rotatable bonds is 9. The molecule has 0 spiro atoms. The molecule has 0 bridgehead atoms. The molecule has 3 rings (SSSR count). The largest absolute Gasteiger partial charge is 0.493 e. The molecule has 176 valence electrons. The molecule has 0 aliphatic rings. The van der Waals surface area contributed by atoms with Gasteiger partial charge in [0.2, 0.25) is 0 Å². The number of benzene rings is 3. The maximum atomic E-state index is 13.5. The Bertz CT molecular complexity index is 1330. The van der Waals surface area contributed by atoms with Gasteiger partial charge in [-0.2, -0.15) is 5.26 Å². The number of aliphatic carboxylic acids is 1. The highest BCUT2D eigenvalue weighted by Gasteiger charge is 2.35. The molecule has 0 aromatic heterocycles. The van der Waals surface area contributed by atoms with E-state index in [-0.39, 0.29) is 15.6 Å². The molecule has 1 unspecified atom stereocenters. The summed E-state index contributed by atoms with van der Waals surface area (Å²) in [5.41, 5.74) is 2.40. The zero-order valence-corrected chi connectivity index (χ0v) is 20.2. The predicted octanol–water partition coefficient (Wildman–Crippen LogP) is 4.81. The minimum absolute atomic E-state index is 0.00312. The van der Waals surface area contributed by atoms with Gasteiger partial charge in [-0.15, -0.1) is 0 Å². The molecule has 0 aliphatic heterocycles. The molecule has 1 N–H and O–H groups in total. The first kappa shape index (κ1) is 25.1. The highest BCUT2D eigenvalue weighted by molar-refractivity contribution is 7.93. The summed E-state index contributed by atoms with van der Waals surface area (Å²) < 4.78 is 33.7. The molecule has 3 aromatic rings. The van der Waals surface area contributed by atoms with Crippen LogP contribution in [0.1, 0.15) is 23.6 Å². The van der Waals surface area contributed by atoms with Crippen LogP contribution in [0.4, 0.5) is 5.69 Å². The van der Waals surface area contributed by atoms with Gasteiger partial charge in [0.05, 0.1) is 28.9 Å². The Kier molecular flexibility index (Phi) is 7.82. The van der Waals surface area contributed by atoms with Crippen LogP contribution < -0.4 is 9.04 Å². The summed E-state index contributed by atoms with van der Waals surface area (Å²) in [5.74, 6) is -0.902. The van der Waals surface area contributed by atoms with Gasteiger partial charge in [0.25, 0.3) is 10.0 Å². The maximum absolute atomic E-state index is 13.5. The van der Waals surface area contributed by atoms with E-state index in [9.17, 15) is 18.3 Å². The first-order valence-corrected chi connectivity index (χ1v) is 12.2. The molecule has 0 fully saturated rings. The number of carboxylic acids is 1. The summed E-state index contributed by atoms with van der Waals surface area (Å²) in [7, 11) is -4.29. The minimum atomic E-state index is -4.29. The standard InChI is InChI=1S/C25H23ClN2O5S/c1-17-13-21(15-22(14-17)33-12-11-19-7-9-20(16-27)10-8-19)28(18(2)25(29)30)34(31,32)24-6-4-3-5-23(24)26/h3-10,13-15,18H,11-12H2,1-2H3,(H,29,30). The normalized spacial score (nSPS) is 11.9. The van der Waals surface area contributed by atoms with Crippen molar-refractivity contribution >= 4 is 33.3 Å². The number of hydrogen-bond donors (Lipinski definition) is 1. The summed E-state index contributed by atoms with van der Waals surface area (Å²) in [6.07, 6.45) is 0.572. The van der Waals surface area contributed by atoms with Crippen molar-refractivity contribution in [3.63, 3.8) is 0 Å². The molecule has 0 amide bonds. The molecule has 34 heavy (non-hydrogen) atoms. The summed E-state index contributed by atoms with van der Waals surface area (Å²) in [5, 5.41) is 18.5. The monoisotopic (exact) mass is 498 g/mol. The van der Waals surface area contributed by atoms with Crippen molar-refractivity contribution in [2.24, 2.45) is 0 Å². The van der Waals surface area contributed by atoms with Gasteiger partial charge in [-0.25, -0.2) is 13.2 Å². The second kappa shape index (κ2) is 10.6. The van der Waals surface area contributed by atoms with Crippen LogP contribution in [-0.2, 0) is 21.2 Å². The summed E-state index contributed by atoms with van der Waals surface area (Å²) in [4.78, 5) is 11.6. The van der Waals surface area contributed by atoms with Crippen molar-refractivity contribution in [1.29, 1.82) is 5.26 Å². The van der Waals surface area contributed by atoms with Gasteiger partial charge < -0.3 is 9.84 Å². The predicted molar refractivity (Wildman–Crippen MR) is 130 cm³/mol. The molecule has 1 atom stereocenters. The van der Waals surface area contributed by atoms with Gasteiger partial charge in [-0.1, -0.05) is 35.9 Å². The lowest BCUT2D eigenvalue weighted by Gasteiger charge is -2.29. The van der Waals surface area contributed by atoms with Crippen LogP contribution in [0.15, 0.2) is 71.6 Å². The lowest BCUT2D eigenvalue weighted by atomic mass is 10.1. The highest BCUT2D eigenvalue weighted by Crippen LogP contribution is 2.33. The topological polar surface area (TPSA) is 108 Å². The molecular formula is C25H23ClN2O5S. The molecule has 3 aromatic carbocycles. The first-order chi connectivity index (χ1) is 16.1. The molecule has 7 nitrogen and oxygen atoms in total. The van der Waals surface area contributed by atoms with Crippen LogP contribution in [0.2, 0.25) is 5.02 Å². The van der Waals surface area contributed by atoms with Crippen LogP contribution in [-0.4, -0.2) is 32.1 Å². The number of carboxylic acid groups (broad SMARTS) is 1. The summed E-state index contributed by atoms with van der Waals surface area (Å²) in [6, 6.07) is 18.5. The molecule has 9 heteroatoms. The van der Waals surface area contributed by atoms with E-state index in [1.54, 1.807) is 37.3 Å². The number of nitrogens with zero attached hydrogens (tertiary/aromatic N) is 2. The van der Waals surface area contributed by atoms with E-state index in [4.69, 9.17) is 21.6 Å². The van der Waals surface area contributed by atoms with E-state index in [0.717, 1.165) is 9.87 Å². The van der Waals surface area contributed by atoms with Crippen molar-refractivity contribution in [3.8, 4) is 11.8 Å². The Morgan fingerprint density at radius 3 is 2.44 bits per heavy atom. The van der Waals surface area contributed by atoms with Crippen LogP contribution in [0.3, 0.4) is 0 Å². The third kappa shape index (κ3) is 5.68. The average molecular weight is 499 g/mol. The molecule has 0 heterocycles. The fourth-order valence-corrected chi connectivity index (χ4v) is 5.50. The summed E-state index contributed by atoms with van der Waals surface area (Å²) in [6.45, 7) is 3.37. The number of aryl methyl sites for hydroxylation is 1. The average Bonchev–Trinajstić information content (AvgIpc) is 2.79. The van der Waals surface area contributed by atoms with Gasteiger partial charge >= 0.3 is 5.97 Å². The second-order valence-corrected chi connectivity index (χ2v) is 9.85. The Morgan fingerprint density at radius 1 is 1.15 bits per heavy atom. The fourth-order valence-electron chi connectivity index (χ4n) is 3.40. The van der Waals surface area contributed by atoms with Crippen LogP contribution in [0, 0.1) is 18.3 Å². The van der Waals surface area contributed by atoms with E-state index >= 15 is 0 Å². The van der Waals surface area contributed by atoms with Crippen LogP contribution in [0.25, 0.3) is 0 Å². The van der Waals surface area contributed by atoms with E-state index in [1.165, 1.54) is 31.2 Å². The third-order valence-electron chi connectivity index (χ3n) is 5.12. The molecule has 0 aliphatic carbocycles. The number of anilines is 1. The van der Waals surface area contributed by atoms with Gasteiger partial charge in [-0.3, -0.25) is 4.31 Å². The minimum Gasteiger partial charge on any atom is -0.493 e. The van der Waals surface area contributed by atoms with Gasteiger partial charge in [0.1, 0.15) is 16.7 Å². The van der Waals surface area contributed by atoms with E-state index in [2.05, 4.69) is 6.07 Å². The number of nitriles is 1. The zero-order chi connectivity index (χ0) is 24.9. The van der Waals surface area contributed by atoms with Crippen molar-refractivity contribution < 1.29 is 23.1 Å². The van der Waals surface area contributed by atoms with Crippen LogP contribution in [0.5, 0.6) is 5.75 Å². The summed E-state index contributed by atoms with van der Waals surface area (Å²) >= 11 is 6.14. The van der Waals surface area contributed by atoms with Gasteiger partial charge in [-0.05, 0) is 61.4 Å². The fraction of sp³-hybridized carbons (Fsp3) is 0.200. The maximum Gasteiger partial charge on any atom is 0.327 e. The Morgan fingerprint density at radius 2 is 1.82 bits per heavy atom. The Hall–Kier alpha value is -3.54. The lowest BCUT2D eigenvalue weighted by molar-refractivity contribution is -0.137. The highest BCUT2D eigenvalue weighted by atomic mass is 35.5. The lowest BCUT2D eigenvalue weighted by Crippen LogP contribution is -2.43. The van der Waals surface area contributed by atoms with Crippen molar-refractivity contribution in [2.75, 3.05) is 10.9 Å².